The first-order chi connectivity index (χ1) is 9.90. The van der Waals surface area contributed by atoms with Gasteiger partial charge in [0.15, 0.2) is 0 Å². The average molecular weight is 331 g/mol. The quantitative estimate of drug-likeness (QED) is 0.847. The molecule has 0 radical (unpaired) electrons. The van der Waals surface area contributed by atoms with Crippen LogP contribution in [0.1, 0.15) is 5.56 Å². The molecule has 1 atom stereocenters. The monoisotopic (exact) mass is 331 g/mol. The van der Waals surface area contributed by atoms with Crippen LogP contribution in [-0.4, -0.2) is 56.1 Å². The molecule has 6 nitrogen and oxygen atoms in total. The Morgan fingerprint density at radius 2 is 2.10 bits per heavy atom. The SMILES string of the molecule is Cc1ccc(S(=O)(=O)SC[C@H]2COCCN2C(=O)O)cc1. The van der Waals surface area contributed by atoms with Crippen LogP contribution in [0.4, 0.5) is 4.79 Å². The minimum atomic E-state index is -3.48. The third-order valence-electron chi connectivity index (χ3n) is 3.20. The molecule has 1 amide bonds. The molecule has 0 aliphatic carbocycles. The van der Waals surface area contributed by atoms with E-state index in [0.717, 1.165) is 16.4 Å². The van der Waals surface area contributed by atoms with E-state index in [9.17, 15) is 13.2 Å². The molecule has 0 spiro atoms. The summed E-state index contributed by atoms with van der Waals surface area (Å²) in [5, 5.41) is 9.10. The van der Waals surface area contributed by atoms with Crippen molar-refractivity contribution in [3.63, 3.8) is 0 Å². The van der Waals surface area contributed by atoms with E-state index in [1.165, 1.54) is 4.90 Å². The van der Waals surface area contributed by atoms with E-state index in [-0.39, 0.29) is 23.8 Å². The summed E-state index contributed by atoms with van der Waals surface area (Å²) in [5.74, 6) is 0.155. The molecule has 21 heavy (non-hydrogen) atoms. The van der Waals surface area contributed by atoms with Crippen LogP contribution in [0.25, 0.3) is 0 Å². The fraction of sp³-hybridized carbons (Fsp3) is 0.462. The van der Waals surface area contributed by atoms with Crippen LogP contribution in [0, 0.1) is 6.92 Å². The van der Waals surface area contributed by atoms with Gasteiger partial charge in [0.05, 0.1) is 24.2 Å². The first-order valence-corrected chi connectivity index (χ1v) is 9.42. The molecule has 0 saturated carbocycles. The van der Waals surface area contributed by atoms with Crippen molar-refractivity contribution in [3.05, 3.63) is 29.8 Å². The van der Waals surface area contributed by atoms with Crippen molar-refractivity contribution in [3.8, 4) is 0 Å². The summed E-state index contributed by atoms with van der Waals surface area (Å²) in [6.45, 7) is 2.72. The van der Waals surface area contributed by atoms with Gasteiger partial charge in [-0.05, 0) is 29.9 Å². The highest BCUT2D eigenvalue weighted by Crippen LogP contribution is 2.26. The van der Waals surface area contributed by atoms with E-state index in [2.05, 4.69) is 0 Å². The number of nitrogens with zero attached hydrogens (tertiary/aromatic N) is 1. The maximum atomic E-state index is 12.2. The van der Waals surface area contributed by atoms with Crippen LogP contribution >= 0.6 is 10.8 Å². The minimum Gasteiger partial charge on any atom is -0.465 e. The average Bonchev–Trinajstić information content (AvgIpc) is 2.46. The topological polar surface area (TPSA) is 83.9 Å². The van der Waals surface area contributed by atoms with Crippen LogP contribution in [0.15, 0.2) is 29.2 Å². The molecule has 1 aromatic rings. The Balaban J connectivity index is 2.03. The highest BCUT2D eigenvalue weighted by atomic mass is 33.1. The first kappa shape index (κ1) is 16.1. The van der Waals surface area contributed by atoms with Gasteiger partial charge in [0, 0.05) is 12.3 Å². The Kier molecular flexibility index (Phi) is 5.13. The van der Waals surface area contributed by atoms with Crippen LogP contribution in [-0.2, 0) is 13.6 Å². The zero-order chi connectivity index (χ0) is 15.5. The normalized spacial score (nSPS) is 19.5. The number of carbonyl (C=O) groups is 1. The summed E-state index contributed by atoms with van der Waals surface area (Å²) >= 11 is 0. The Morgan fingerprint density at radius 1 is 1.43 bits per heavy atom. The molecule has 1 aromatic carbocycles. The predicted octanol–water partition coefficient (Wildman–Crippen LogP) is 1.80. The Morgan fingerprint density at radius 3 is 2.71 bits per heavy atom. The van der Waals surface area contributed by atoms with Crippen LogP contribution in [0.2, 0.25) is 0 Å². The third-order valence-corrected chi connectivity index (χ3v) is 6.80. The van der Waals surface area contributed by atoms with Gasteiger partial charge in [-0.3, -0.25) is 4.90 Å². The van der Waals surface area contributed by atoms with E-state index < -0.39 is 21.0 Å². The standard InChI is InChI=1S/C13H17NO5S2/c1-10-2-4-12(5-3-10)21(17,18)20-9-11-8-19-7-6-14(11)13(15)16/h2-5,11H,6-9H2,1H3,(H,15,16)/t11-/m1/s1. The van der Waals surface area contributed by atoms with Gasteiger partial charge >= 0.3 is 6.09 Å². The second-order valence-electron chi connectivity index (χ2n) is 4.76. The van der Waals surface area contributed by atoms with E-state index in [1.54, 1.807) is 24.3 Å². The van der Waals surface area contributed by atoms with Gasteiger partial charge in [-0.2, -0.15) is 0 Å². The number of carboxylic acid groups (broad SMARTS) is 1. The van der Waals surface area contributed by atoms with E-state index in [0.29, 0.717) is 6.61 Å². The molecule has 0 aromatic heterocycles. The summed E-state index contributed by atoms with van der Waals surface area (Å²) < 4.78 is 29.7. The highest BCUT2D eigenvalue weighted by Gasteiger charge is 2.29. The zero-order valence-electron chi connectivity index (χ0n) is 11.6. The zero-order valence-corrected chi connectivity index (χ0v) is 13.2. The predicted molar refractivity (Wildman–Crippen MR) is 80.2 cm³/mol. The lowest BCUT2D eigenvalue weighted by atomic mass is 10.2. The molecular formula is C13H17NO5S2. The molecule has 1 N–H and O–H groups in total. The molecule has 0 bridgehead atoms. The molecule has 1 aliphatic rings. The van der Waals surface area contributed by atoms with Gasteiger partial charge in [0.1, 0.15) is 0 Å². The maximum Gasteiger partial charge on any atom is 0.407 e. The Labute approximate surface area is 127 Å². The van der Waals surface area contributed by atoms with E-state index in [4.69, 9.17) is 9.84 Å². The fourth-order valence-electron chi connectivity index (χ4n) is 1.99. The summed E-state index contributed by atoms with van der Waals surface area (Å²) in [5.41, 5.74) is 0.983. The van der Waals surface area contributed by atoms with Crippen LogP contribution in [0.5, 0.6) is 0 Å². The van der Waals surface area contributed by atoms with Crippen molar-refractivity contribution < 1.29 is 23.1 Å². The lowest BCUT2D eigenvalue weighted by Gasteiger charge is -2.32. The number of ether oxygens (including phenoxy) is 1. The lowest BCUT2D eigenvalue weighted by Crippen LogP contribution is -2.49. The van der Waals surface area contributed by atoms with E-state index in [1.807, 2.05) is 6.92 Å². The van der Waals surface area contributed by atoms with Gasteiger partial charge < -0.3 is 9.84 Å². The van der Waals surface area contributed by atoms with Gasteiger partial charge in [0.2, 0.25) is 8.87 Å². The van der Waals surface area contributed by atoms with Gasteiger partial charge in [-0.15, -0.1) is 0 Å². The summed E-state index contributed by atoms with van der Waals surface area (Å²) in [4.78, 5) is 12.6. The lowest BCUT2D eigenvalue weighted by molar-refractivity contribution is 0.00796. The molecule has 2 rings (SSSR count). The van der Waals surface area contributed by atoms with Gasteiger partial charge in [-0.25, -0.2) is 13.2 Å². The Hall–Kier alpha value is -1.25. The van der Waals surface area contributed by atoms with Crippen LogP contribution < -0.4 is 0 Å². The van der Waals surface area contributed by atoms with Crippen molar-refractivity contribution in [1.82, 2.24) is 4.90 Å². The second-order valence-corrected chi connectivity index (χ2v) is 8.73. The number of benzene rings is 1. The van der Waals surface area contributed by atoms with Crippen molar-refractivity contribution in [1.29, 1.82) is 0 Å². The van der Waals surface area contributed by atoms with Crippen molar-refractivity contribution in [2.75, 3.05) is 25.5 Å². The maximum absolute atomic E-state index is 12.2. The molecule has 1 heterocycles. The largest absolute Gasteiger partial charge is 0.465 e. The van der Waals surface area contributed by atoms with Gasteiger partial charge in [0.25, 0.3) is 0 Å². The van der Waals surface area contributed by atoms with Crippen molar-refractivity contribution in [2.45, 2.75) is 17.9 Å². The smallest absolute Gasteiger partial charge is 0.407 e. The number of aryl methyl sites for hydroxylation is 1. The Bertz CT molecular complexity index is 599. The number of rotatable bonds is 4. The van der Waals surface area contributed by atoms with Crippen molar-refractivity contribution >= 4 is 25.8 Å². The number of amides is 1. The molecule has 1 saturated heterocycles. The molecule has 0 unspecified atom stereocenters. The summed E-state index contributed by atoms with van der Waals surface area (Å²) in [6, 6.07) is 6.15. The van der Waals surface area contributed by atoms with Gasteiger partial charge in [-0.1, -0.05) is 17.7 Å². The molecule has 8 heteroatoms. The number of hydrogen-bond donors (Lipinski definition) is 1. The fourth-order valence-corrected chi connectivity index (χ4v) is 4.95. The summed E-state index contributed by atoms with van der Waals surface area (Å²) in [6.07, 6.45) is -1.04. The molecule has 1 aliphatic heterocycles. The van der Waals surface area contributed by atoms with Crippen molar-refractivity contribution in [2.24, 2.45) is 0 Å². The number of hydrogen-bond acceptors (Lipinski definition) is 5. The molecule has 116 valence electrons. The highest BCUT2D eigenvalue weighted by molar-refractivity contribution is 8.72. The molecular weight excluding hydrogens is 314 g/mol. The second kappa shape index (κ2) is 6.67. The minimum absolute atomic E-state index is 0.155. The van der Waals surface area contributed by atoms with E-state index >= 15 is 0 Å². The third kappa shape index (κ3) is 4.12. The van der Waals surface area contributed by atoms with Crippen LogP contribution in [0.3, 0.4) is 0 Å². The summed E-state index contributed by atoms with van der Waals surface area (Å²) in [7, 11) is -2.73. The molecule has 1 fully saturated rings. The number of morpholine rings is 1. The first-order valence-electron chi connectivity index (χ1n) is 6.43.